The van der Waals surface area contributed by atoms with Crippen molar-refractivity contribution >= 4 is 23.2 Å². The monoisotopic (exact) mass is 488 g/mol. The number of amides is 2. The van der Waals surface area contributed by atoms with E-state index < -0.39 is 17.5 Å². The van der Waals surface area contributed by atoms with Crippen molar-refractivity contribution in [3.63, 3.8) is 0 Å². The molecule has 0 radical (unpaired) electrons. The predicted octanol–water partition coefficient (Wildman–Crippen LogP) is 5.33. The van der Waals surface area contributed by atoms with Crippen molar-refractivity contribution in [2.45, 2.75) is 101 Å². The van der Waals surface area contributed by atoms with Gasteiger partial charge in [0.05, 0.1) is 12.0 Å². The molecule has 2 aliphatic carbocycles. The Morgan fingerprint density at radius 3 is 2.03 bits per heavy atom. The van der Waals surface area contributed by atoms with Gasteiger partial charge in [0.25, 0.3) is 0 Å². The molecule has 2 aromatic carbocycles. The SMILES string of the molecule is CC1(C(=O)NC2CCCCC2)Nc2ccccc2C(C(=O)NC2CCCCC2)C1Nc1ccccc1. The summed E-state index contributed by atoms with van der Waals surface area (Å²) in [4.78, 5) is 28.0. The predicted molar refractivity (Wildman–Crippen MR) is 145 cm³/mol. The first-order valence-electron chi connectivity index (χ1n) is 13.8. The lowest BCUT2D eigenvalue weighted by Gasteiger charge is -2.47. The van der Waals surface area contributed by atoms with Crippen molar-refractivity contribution in [2.75, 3.05) is 10.6 Å². The summed E-state index contributed by atoms with van der Waals surface area (Å²) in [7, 11) is 0. The van der Waals surface area contributed by atoms with E-state index >= 15 is 0 Å². The van der Waals surface area contributed by atoms with E-state index in [1.165, 1.54) is 12.8 Å². The van der Waals surface area contributed by atoms with E-state index in [0.717, 1.165) is 68.3 Å². The number of para-hydroxylation sites is 2. The molecule has 3 atom stereocenters. The molecule has 6 nitrogen and oxygen atoms in total. The molecule has 3 unspecified atom stereocenters. The lowest BCUT2D eigenvalue weighted by molar-refractivity contribution is -0.128. The van der Waals surface area contributed by atoms with Crippen LogP contribution in [0.4, 0.5) is 11.4 Å². The van der Waals surface area contributed by atoms with Gasteiger partial charge < -0.3 is 21.3 Å². The fourth-order valence-electron chi connectivity index (χ4n) is 6.30. The molecule has 2 saturated carbocycles. The van der Waals surface area contributed by atoms with Crippen LogP contribution < -0.4 is 21.3 Å². The maximum atomic E-state index is 14.0. The summed E-state index contributed by atoms with van der Waals surface area (Å²) in [5, 5.41) is 13.9. The number of fused-ring (bicyclic) bond motifs is 1. The lowest BCUT2D eigenvalue weighted by Crippen LogP contribution is -2.67. The van der Waals surface area contributed by atoms with Crippen LogP contribution in [0.3, 0.4) is 0 Å². The van der Waals surface area contributed by atoms with Crippen LogP contribution in [0.2, 0.25) is 0 Å². The molecule has 6 heteroatoms. The topological polar surface area (TPSA) is 82.3 Å². The van der Waals surface area contributed by atoms with Crippen LogP contribution >= 0.6 is 0 Å². The second-order valence-corrected chi connectivity index (χ2v) is 11.0. The molecule has 0 bridgehead atoms. The van der Waals surface area contributed by atoms with Crippen molar-refractivity contribution in [3.05, 3.63) is 60.2 Å². The Morgan fingerprint density at radius 1 is 0.778 bits per heavy atom. The molecule has 2 aromatic rings. The second kappa shape index (κ2) is 10.9. The quantitative estimate of drug-likeness (QED) is 0.443. The minimum absolute atomic E-state index is 0.000900. The van der Waals surface area contributed by atoms with E-state index in [1.807, 2.05) is 61.5 Å². The van der Waals surface area contributed by atoms with Gasteiger partial charge in [-0.3, -0.25) is 9.59 Å². The largest absolute Gasteiger partial charge is 0.378 e. The first-order valence-corrected chi connectivity index (χ1v) is 13.8. The molecule has 36 heavy (non-hydrogen) atoms. The molecule has 5 rings (SSSR count). The lowest BCUT2D eigenvalue weighted by atomic mass is 9.73. The average Bonchev–Trinajstić information content (AvgIpc) is 2.91. The number of hydrogen-bond donors (Lipinski definition) is 4. The molecule has 192 valence electrons. The Balaban J connectivity index is 1.51. The summed E-state index contributed by atoms with van der Waals surface area (Å²) in [5.74, 6) is -0.555. The van der Waals surface area contributed by atoms with Gasteiger partial charge >= 0.3 is 0 Å². The standard InChI is InChI=1S/C30H40N4O2/c1-30(29(36)33-23-17-9-4-10-18-23)27(31-21-13-5-2-6-14-21)26(24-19-11-12-20-25(24)34-30)28(35)32-22-15-7-3-8-16-22/h2,5-6,11-14,19-20,22-23,26-27,31,34H,3-4,7-10,15-18H2,1H3,(H,32,35)(H,33,36). The fraction of sp³-hybridized carbons (Fsp3) is 0.533. The first kappa shape index (κ1) is 24.7. The number of anilines is 2. The van der Waals surface area contributed by atoms with Crippen LogP contribution in [0.1, 0.15) is 82.6 Å². The highest BCUT2D eigenvalue weighted by atomic mass is 16.2. The summed E-state index contributed by atoms with van der Waals surface area (Å²) < 4.78 is 0. The maximum Gasteiger partial charge on any atom is 0.247 e. The minimum atomic E-state index is -1.02. The Labute approximate surface area is 215 Å². The number of carbonyl (C=O) groups is 2. The Kier molecular flexibility index (Phi) is 7.49. The van der Waals surface area contributed by atoms with Crippen LogP contribution in [-0.2, 0) is 9.59 Å². The zero-order chi connectivity index (χ0) is 25.0. The van der Waals surface area contributed by atoms with Gasteiger partial charge in [-0.2, -0.15) is 0 Å². The molecule has 2 fully saturated rings. The third-order valence-electron chi connectivity index (χ3n) is 8.39. The van der Waals surface area contributed by atoms with Crippen LogP contribution in [-0.4, -0.2) is 35.5 Å². The van der Waals surface area contributed by atoms with Gasteiger partial charge in [0.1, 0.15) is 5.54 Å². The number of nitrogens with one attached hydrogen (secondary N) is 4. The van der Waals surface area contributed by atoms with Crippen molar-refractivity contribution in [2.24, 2.45) is 0 Å². The van der Waals surface area contributed by atoms with E-state index in [-0.39, 0.29) is 23.9 Å². The molecule has 3 aliphatic rings. The van der Waals surface area contributed by atoms with E-state index in [9.17, 15) is 9.59 Å². The highest BCUT2D eigenvalue weighted by Crippen LogP contribution is 2.41. The van der Waals surface area contributed by atoms with E-state index in [0.29, 0.717) is 0 Å². The smallest absolute Gasteiger partial charge is 0.247 e. The fourth-order valence-corrected chi connectivity index (χ4v) is 6.30. The van der Waals surface area contributed by atoms with Crippen molar-refractivity contribution in [1.82, 2.24) is 10.6 Å². The molecule has 1 aliphatic heterocycles. The average molecular weight is 489 g/mol. The third-order valence-corrected chi connectivity index (χ3v) is 8.39. The number of hydrogen-bond acceptors (Lipinski definition) is 4. The number of rotatable bonds is 6. The normalized spacial score (nSPS) is 26.8. The molecule has 4 N–H and O–H groups in total. The second-order valence-electron chi connectivity index (χ2n) is 11.0. The number of benzene rings is 2. The van der Waals surface area contributed by atoms with Crippen LogP contribution in [0.5, 0.6) is 0 Å². The zero-order valence-electron chi connectivity index (χ0n) is 21.4. The zero-order valence-corrected chi connectivity index (χ0v) is 21.4. The van der Waals surface area contributed by atoms with Crippen molar-refractivity contribution in [3.8, 4) is 0 Å². The highest BCUT2D eigenvalue weighted by molar-refractivity contribution is 5.97. The third kappa shape index (κ3) is 5.23. The minimum Gasteiger partial charge on any atom is -0.378 e. The van der Waals surface area contributed by atoms with Gasteiger partial charge in [0.2, 0.25) is 11.8 Å². The van der Waals surface area contributed by atoms with Crippen LogP contribution in [0.25, 0.3) is 0 Å². The molecular formula is C30H40N4O2. The first-order chi connectivity index (χ1) is 17.5. The van der Waals surface area contributed by atoms with Gasteiger partial charge in [0.15, 0.2) is 0 Å². The summed E-state index contributed by atoms with van der Waals surface area (Å²) in [6, 6.07) is 17.8. The van der Waals surface area contributed by atoms with Crippen LogP contribution in [0.15, 0.2) is 54.6 Å². The Morgan fingerprint density at radius 2 is 1.36 bits per heavy atom. The summed E-state index contributed by atoms with van der Waals surface area (Å²) in [5.41, 5.74) is 1.67. The highest BCUT2D eigenvalue weighted by Gasteiger charge is 2.52. The number of carbonyl (C=O) groups excluding carboxylic acids is 2. The molecule has 0 spiro atoms. The molecule has 1 heterocycles. The van der Waals surface area contributed by atoms with Crippen LogP contribution in [0, 0.1) is 0 Å². The van der Waals surface area contributed by atoms with Crippen molar-refractivity contribution < 1.29 is 9.59 Å². The molecule has 0 aromatic heterocycles. The Hall–Kier alpha value is -3.02. The van der Waals surface area contributed by atoms with Gasteiger partial charge in [-0.05, 0) is 56.4 Å². The van der Waals surface area contributed by atoms with Gasteiger partial charge in [-0.25, -0.2) is 0 Å². The van der Waals surface area contributed by atoms with E-state index in [2.05, 4.69) is 21.3 Å². The summed E-state index contributed by atoms with van der Waals surface area (Å²) in [6.45, 7) is 1.95. The van der Waals surface area contributed by atoms with Crippen molar-refractivity contribution in [1.29, 1.82) is 0 Å². The molecular weight excluding hydrogens is 448 g/mol. The summed E-state index contributed by atoms with van der Waals surface area (Å²) in [6.07, 6.45) is 11.1. The van der Waals surface area contributed by atoms with E-state index in [1.54, 1.807) is 0 Å². The summed E-state index contributed by atoms with van der Waals surface area (Å²) >= 11 is 0. The van der Waals surface area contributed by atoms with E-state index in [4.69, 9.17) is 0 Å². The maximum absolute atomic E-state index is 14.0. The van der Waals surface area contributed by atoms with Gasteiger partial charge in [0, 0.05) is 23.5 Å². The molecule has 2 amide bonds. The molecule has 0 saturated heterocycles. The van der Waals surface area contributed by atoms with Gasteiger partial charge in [-0.1, -0.05) is 74.9 Å². The Bertz CT molecular complexity index is 1050. The van der Waals surface area contributed by atoms with Gasteiger partial charge in [-0.15, -0.1) is 0 Å².